The molecule has 0 aromatic heterocycles. The Hall–Kier alpha value is -2.98. The summed E-state index contributed by atoms with van der Waals surface area (Å²) >= 11 is 6.03. The van der Waals surface area contributed by atoms with Crippen LogP contribution in [-0.2, 0) is 0 Å². The Morgan fingerprint density at radius 1 is 0.926 bits per heavy atom. The first kappa shape index (κ1) is 16.2. The van der Waals surface area contributed by atoms with Crippen molar-refractivity contribution in [2.45, 2.75) is 18.7 Å². The summed E-state index contributed by atoms with van der Waals surface area (Å²) < 4.78 is 6.25. The normalized spacial score (nSPS) is 20.5. The molecule has 0 spiro atoms. The third-order valence-electron chi connectivity index (χ3n) is 5.08. The van der Waals surface area contributed by atoms with Gasteiger partial charge in [-0.25, -0.2) is 5.01 Å². The molecule has 2 aliphatic heterocycles. The molecular weight excluding hydrogens is 360 g/mol. The van der Waals surface area contributed by atoms with E-state index in [2.05, 4.69) is 6.07 Å². The zero-order chi connectivity index (χ0) is 18.4. The second-order valence-electron chi connectivity index (χ2n) is 6.72. The van der Waals surface area contributed by atoms with Gasteiger partial charge in [0, 0.05) is 17.0 Å². The molecule has 0 fully saturated rings. The molecule has 5 rings (SSSR count). The fourth-order valence-corrected chi connectivity index (χ4v) is 3.88. The van der Waals surface area contributed by atoms with Gasteiger partial charge in [-0.05, 0) is 35.9 Å². The van der Waals surface area contributed by atoms with Crippen LogP contribution in [0.2, 0.25) is 5.02 Å². The minimum absolute atomic E-state index is 0.0604. The molecule has 2 unspecified atom stereocenters. The first-order valence-corrected chi connectivity index (χ1v) is 9.24. The lowest BCUT2D eigenvalue weighted by atomic mass is 9.96. The van der Waals surface area contributed by atoms with Gasteiger partial charge in [-0.3, -0.25) is 0 Å². The fraction of sp³-hybridized carbons (Fsp3) is 0.136. The third-order valence-corrected chi connectivity index (χ3v) is 5.33. The minimum atomic E-state index is -0.476. The number of nitrogens with zero attached hydrogens (tertiary/aromatic N) is 2. The predicted molar refractivity (Wildman–Crippen MR) is 105 cm³/mol. The molecule has 4 nitrogen and oxygen atoms in total. The van der Waals surface area contributed by atoms with Gasteiger partial charge in [0.1, 0.15) is 11.5 Å². The monoisotopic (exact) mass is 376 g/mol. The molecule has 5 heteroatoms. The molecule has 1 N–H and O–H groups in total. The molecule has 0 saturated heterocycles. The van der Waals surface area contributed by atoms with Crippen molar-refractivity contribution in [1.29, 1.82) is 0 Å². The highest BCUT2D eigenvalue weighted by molar-refractivity contribution is 6.30. The molecule has 0 aliphatic carbocycles. The van der Waals surface area contributed by atoms with Gasteiger partial charge in [0.05, 0.1) is 17.3 Å². The molecule has 2 atom stereocenters. The Morgan fingerprint density at radius 2 is 1.63 bits per heavy atom. The van der Waals surface area contributed by atoms with Crippen LogP contribution in [0.15, 0.2) is 77.9 Å². The molecule has 134 valence electrons. The molecule has 3 aromatic carbocycles. The van der Waals surface area contributed by atoms with Gasteiger partial charge < -0.3 is 9.84 Å². The fourth-order valence-electron chi connectivity index (χ4n) is 3.75. The van der Waals surface area contributed by atoms with Crippen molar-refractivity contribution >= 4 is 17.3 Å². The number of para-hydroxylation sites is 2. The SMILES string of the molecule is Oc1ccccc1C1Oc2ccccc2C2CC(c3ccc(Cl)cc3)=NN21. The maximum atomic E-state index is 10.4. The van der Waals surface area contributed by atoms with E-state index in [0.717, 1.165) is 29.0 Å². The summed E-state index contributed by atoms with van der Waals surface area (Å²) in [6.45, 7) is 0. The Labute approximate surface area is 162 Å². The van der Waals surface area contributed by atoms with Gasteiger partial charge >= 0.3 is 0 Å². The van der Waals surface area contributed by atoms with Crippen LogP contribution in [0.25, 0.3) is 0 Å². The molecule has 2 aliphatic rings. The summed E-state index contributed by atoms with van der Waals surface area (Å²) in [6, 6.07) is 23.1. The van der Waals surface area contributed by atoms with Crippen LogP contribution in [0, 0.1) is 0 Å². The maximum absolute atomic E-state index is 10.4. The Morgan fingerprint density at radius 3 is 2.41 bits per heavy atom. The van der Waals surface area contributed by atoms with Crippen LogP contribution < -0.4 is 4.74 Å². The lowest BCUT2D eigenvalue weighted by molar-refractivity contribution is -0.0203. The topological polar surface area (TPSA) is 45.1 Å². The van der Waals surface area contributed by atoms with E-state index < -0.39 is 6.23 Å². The molecule has 0 bridgehead atoms. The Balaban J connectivity index is 1.61. The summed E-state index contributed by atoms with van der Waals surface area (Å²) in [5.74, 6) is 1.04. The number of fused-ring (bicyclic) bond motifs is 3. The zero-order valence-electron chi connectivity index (χ0n) is 14.4. The molecule has 0 radical (unpaired) electrons. The highest BCUT2D eigenvalue weighted by Crippen LogP contribution is 2.48. The van der Waals surface area contributed by atoms with E-state index in [1.54, 1.807) is 12.1 Å². The summed E-state index contributed by atoms with van der Waals surface area (Å²) in [5.41, 5.74) is 3.84. The number of rotatable bonds is 2. The van der Waals surface area contributed by atoms with Gasteiger partial charge in [0.2, 0.25) is 6.23 Å². The molecule has 0 saturated carbocycles. The highest BCUT2D eigenvalue weighted by Gasteiger charge is 2.41. The van der Waals surface area contributed by atoms with Crippen molar-refractivity contribution in [2.24, 2.45) is 5.10 Å². The van der Waals surface area contributed by atoms with Crippen molar-refractivity contribution in [1.82, 2.24) is 5.01 Å². The molecule has 3 aromatic rings. The number of hydrazone groups is 1. The second kappa shape index (κ2) is 6.32. The maximum Gasteiger partial charge on any atom is 0.217 e. The van der Waals surface area contributed by atoms with E-state index in [9.17, 15) is 5.11 Å². The van der Waals surface area contributed by atoms with E-state index in [4.69, 9.17) is 21.4 Å². The van der Waals surface area contributed by atoms with E-state index in [1.807, 2.05) is 59.6 Å². The van der Waals surface area contributed by atoms with Crippen LogP contribution in [0.4, 0.5) is 0 Å². The molecule has 0 amide bonds. The smallest absolute Gasteiger partial charge is 0.217 e. The minimum Gasteiger partial charge on any atom is -0.507 e. The van der Waals surface area contributed by atoms with E-state index in [1.165, 1.54) is 0 Å². The summed E-state index contributed by atoms with van der Waals surface area (Å²) in [7, 11) is 0. The number of hydrogen-bond donors (Lipinski definition) is 1. The van der Waals surface area contributed by atoms with Crippen LogP contribution in [0.3, 0.4) is 0 Å². The van der Waals surface area contributed by atoms with E-state index in [0.29, 0.717) is 10.6 Å². The van der Waals surface area contributed by atoms with E-state index in [-0.39, 0.29) is 11.8 Å². The van der Waals surface area contributed by atoms with Gasteiger partial charge in [-0.2, -0.15) is 5.10 Å². The first-order chi connectivity index (χ1) is 13.2. The van der Waals surface area contributed by atoms with Crippen molar-refractivity contribution in [3.05, 3.63) is 94.5 Å². The standard InChI is InChI=1S/C22H17ClN2O2/c23-15-11-9-14(10-12-15)18-13-19-16-5-2-4-8-21(16)27-22(25(19)24-18)17-6-1-3-7-20(17)26/h1-12,19,22,26H,13H2. The summed E-state index contributed by atoms with van der Waals surface area (Å²) in [6.07, 6.45) is 0.294. The Kier molecular flexibility index (Phi) is 3.80. The van der Waals surface area contributed by atoms with Gasteiger partial charge in [-0.15, -0.1) is 0 Å². The van der Waals surface area contributed by atoms with Crippen molar-refractivity contribution < 1.29 is 9.84 Å². The largest absolute Gasteiger partial charge is 0.507 e. The summed E-state index contributed by atoms with van der Waals surface area (Å²) in [5, 5.41) is 17.9. The highest BCUT2D eigenvalue weighted by atomic mass is 35.5. The third kappa shape index (κ3) is 2.73. The second-order valence-corrected chi connectivity index (χ2v) is 7.16. The van der Waals surface area contributed by atoms with E-state index >= 15 is 0 Å². The first-order valence-electron chi connectivity index (χ1n) is 8.86. The van der Waals surface area contributed by atoms with Crippen LogP contribution in [-0.4, -0.2) is 15.8 Å². The van der Waals surface area contributed by atoms with Crippen molar-refractivity contribution in [3.8, 4) is 11.5 Å². The number of ether oxygens (including phenoxy) is 1. The number of phenolic OH excluding ortho intramolecular Hbond substituents is 1. The van der Waals surface area contributed by atoms with Gasteiger partial charge in [0.15, 0.2) is 0 Å². The Bertz CT molecular complexity index is 1030. The quantitative estimate of drug-likeness (QED) is 0.661. The number of phenols is 1. The predicted octanol–water partition coefficient (Wildman–Crippen LogP) is 5.29. The number of hydrogen-bond acceptors (Lipinski definition) is 4. The average Bonchev–Trinajstić information content (AvgIpc) is 3.14. The van der Waals surface area contributed by atoms with Gasteiger partial charge in [-0.1, -0.05) is 54.1 Å². The average molecular weight is 377 g/mol. The number of halogens is 1. The lowest BCUT2D eigenvalue weighted by Crippen LogP contribution is -2.33. The molecule has 27 heavy (non-hydrogen) atoms. The summed E-state index contributed by atoms with van der Waals surface area (Å²) in [4.78, 5) is 0. The van der Waals surface area contributed by atoms with Crippen LogP contribution in [0.5, 0.6) is 11.5 Å². The van der Waals surface area contributed by atoms with Crippen molar-refractivity contribution in [2.75, 3.05) is 0 Å². The number of benzene rings is 3. The molecular formula is C22H17ClN2O2. The van der Waals surface area contributed by atoms with Crippen LogP contribution in [0.1, 0.15) is 35.4 Å². The lowest BCUT2D eigenvalue weighted by Gasteiger charge is -2.38. The van der Waals surface area contributed by atoms with Gasteiger partial charge in [0.25, 0.3) is 0 Å². The number of aromatic hydroxyl groups is 1. The molecule has 2 heterocycles. The van der Waals surface area contributed by atoms with Crippen LogP contribution >= 0.6 is 11.6 Å². The van der Waals surface area contributed by atoms with Crippen molar-refractivity contribution in [3.63, 3.8) is 0 Å². The zero-order valence-corrected chi connectivity index (χ0v) is 15.2.